The Morgan fingerprint density at radius 3 is 2.62 bits per heavy atom. The molecule has 2 aromatic carbocycles. The summed E-state index contributed by atoms with van der Waals surface area (Å²) in [7, 11) is -3.55. The lowest BCUT2D eigenvalue weighted by Crippen LogP contribution is -2.26. The number of nitrogens with two attached hydrogens (primary N) is 1. The molecule has 0 radical (unpaired) electrons. The van der Waals surface area contributed by atoms with E-state index in [1.54, 1.807) is 12.1 Å². The fraction of sp³-hybridized carbons (Fsp3) is 0.143. The van der Waals surface area contributed by atoms with Crippen LogP contribution in [0.3, 0.4) is 0 Å². The molecule has 112 valence electrons. The summed E-state index contributed by atoms with van der Waals surface area (Å²) in [6.07, 6.45) is 0.565. The maximum atomic E-state index is 12.2. The highest BCUT2D eigenvalue weighted by molar-refractivity contribution is 9.10. The van der Waals surface area contributed by atoms with Crippen molar-refractivity contribution in [2.75, 3.05) is 12.3 Å². The summed E-state index contributed by atoms with van der Waals surface area (Å²) in [5, 5.41) is 0.637. The third-order valence-electron chi connectivity index (χ3n) is 2.88. The molecule has 0 aliphatic carbocycles. The van der Waals surface area contributed by atoms with E-state index in [2.05, 4.69) is 20.7 Å². The summed E-state index contributed by atoms with van der Waals surface area (Å²) in [6, 6.07) is 11.8. The van der Waals surface area contributed by atoms with Gasteiger partial charge in [-0.15, -0.1) is 0 Å². The summed E-state index contributed by atoms with van der Waals surface area (Å²) in [4.78, 5) is 0.176. The van der Waals surface area contributed by atoms with Crippen LogP contribution in [0.4, 0.5) is 5.69 Å². The molecule has 0 aliphatic heterocycles. The number of anilines is 1. The Hall–Kier alpha value is -1.08. The van der Waals surface area contributed by atoms with Gasteiger partial charge in [0.2, 0.25) is 10.0 Å². The summed E-state index contributed by atoms with van der Waals surface area (Å²) < 4.78 is 27.4. The molecule has 21 heavy (non-hydrogen) atoms. The number of halogens is 2. The van der Waals surface area contributed by atoms with E-state index >= 15 is 0 Å². The van der Waals surface area contributed by atoms with Gasteiger partial charge in [0.05, 0.1) is 4.90 Å². The lowest BCUT2D eigenvalue weighted by atomic mass is 10.2. The van der Waals surface area contributed by atoms with Gasteiger partial charge in [0.1, 0.15) is 0 Å². The number of hydrogen-bond donors (Lipinski definition) is 2. The van der Waals surface area contributed by atoms with Crippen LogP contribution >= 0.6 is 27.5 Å². The first-order valence-corrected chi connectivity index (χ1v) is 8.83. The highest BCUT2D eigenvalue weighted by atomic mass is 79.9. The lowest BCUT2D eigenvalue weighted by molar-refractivity contribution is 0.581. The fourth-order valence-electron chi connectivity index (χ4n) is 1.78. The molecular weight excluding hydrogens is 376 g/mol. The van der Waals surface area contributed by atoms with Gasteiger partial charge in [-0.25, -0.2) is 13.1 Å². The van der Waals surface area contributed by atoms with Crippen molar-refractivity contribution in [3.63, 3.8) is 0 Å². The van der Waals surface area contributed by atoms with E-state index < -0.39 is 10.0 Å². The lowest BCUT2D eigenvalue weighted by Gasteiger charge is -2.08. The first-order valence-electron chi connectivity index (χ1n) is 6.17. The van der Waals surface area contributed by atoms with Crippen molar-refractivity contribution < 1.29 is 8.42 Å². The smallest absolute Gasteiger partial charge is 0.240 e. The van der Waals surface area contributed by atoms with Crippen LogP contribution in [-0.4, -0.2) is 15.0 Å². The van der Waals surface area contributed by atoms with Gasteiger partial charge in [0.15, 0.2) is 0 Å². The molecule has 0 aromatic heterocycles. The molecule has 0 spiro atoms. The van der Waals surface area contributed by atoms with Crippen LogP contribution in [0.2, 0.25) is 5.02 Å². The zero-order valence-electron chi connectivity index (χ0n) is 11.0. The number of nitrogens with one attached hydrogen (secondary N) is 1. The second kappa shape index (κ2) is 6.79. The monoisotopic (exact) mass is 388 g/mol. The summed E-state index contributed by atoms with van der Waals surface area (Å²) in [6.45, 7) is 0.296. The molecule has 0 saturated heterocycles. The predicted molar refractivity (Wildman–Crippen MR) is 88.9 cm³/mol. The Morgan fingerprint density at radius 1 is 1.19 bits per heavy atom. The van der Waals surface area contributed by atoms with Crippen molar-refractivity contribution in [2.45, 2.75) is 11.3 Å². The van der Waals surface area contributed by atoms with E-state index in [9.17, 15) is 8.42 Å². The van der Waals surface area contributed by atoms with Crippen molar-refractivity contribution in [3.05, 3.63) is 57.5 Å². The molecule has 3 N–H and O–H groups in total. The van der Waals surface area contributed by atoms with Crippen LogP contribution in [0.1, 0.15) is 5.56 Å². The zero-order chi connectivity index (χ0) is 15.5. The number of nitrogen functional groups attached to an aromatic ring is 1. The van der Waals surface area contributed by atoms with E-state index in [4.69, 9.17) is 17.3 Å². The average Bonchev–Trinajstić information content (AvgIpc) is 2.41. The molecule has 0 aliphatic rings. The number of sulfonamides is 1. The molecule has 7 heteroatoms. The molecule has 0 atom stereocenters. The van der Waals surface area contributed by atoms with Crippen molar-refractivity contribution in [3.8, 4) is 0 Å². The Bertz CT molecular complexity index is 750. The second-order valence-electron chi connectivity index (χ2n) is 4.46. The quantitative estimate of drug-likeness (QED) is 0.771. The normalized spacial score (nSPS) is 11.5. The topological polar surface area (TPSA) is 72.2 Å². The highest BCUT2D eigenvalue weighted by Crippen LogP contribution is 2.22. The van der Waals surface area contributed by atoms with E-state index in [1.807, 2.05) is 18.2 Å². The predicted octanol–water partition coefficient (Wildman–Crippen LogP) is 3.21. The maximum Gasteiger partial charge on any atom is 0.240 e. The van der Waals surface area contributed by atoms with Crippen molar-refractivity contribution in [1.29, 1.82) is 0 Å². The van der Waals surface area contributed by atoms with Crippen molar-refractivity contribution in [1.82, 2.24) is 4.72 Å². The van der Waals surface area contributed by atoms with E-state index in [0.717, 1.165) is 5.56 Å². The Labute approximate surface area is 137 Å². The minimum atomic E-state index is -3.55. The van der Waals surface area contributed by atoms with Gasteiger partial charge < -0.3 is 5.73 Å². The van der Waals surface area contributed by atoms with Crippen LogP contribution < -0.4 is 10.5 Å². The molecule has 0 fully saturated rings. The van der Waals surface area contributed by atoms with Crippen LogP contribution in [0.5, 0.6) is 0 Å². The first-order chi connectivity index (χ1) is 9.88. The minimum absolute atomic E-state index is 0.176. The van der Waals surface area contributed by atoms with Gasteiger partial charge >= 0.3 is 0 Å². The third-order valence-corrected chi connectivity index (χ3v) is 5.26. The molecule has 0 amide bonds. The molecule has 0 bridgehead atoms. The molecular formula is C14H14BrClN2O2S. The Kier molecular flexibility index (Phi) is 5.27. The van der Waals surface area contributed by atoms with Gasteiger partial charge in [-0.2, -0.15) is 0 Å². The molecule has 0 heterocycles. The van der Waals surface area contributed by atoms with Crippen molar-refractivity contribution in [2.24, 2.45) is 0 Å². The number of hydrogen-bond acceptors (Lipinski definition) is 3. The average molecular weight is 390 g/mol. The van der Waals surface area contributed by atoms with Crippen LogP contribution in [0.15, 0.2) is 51.8 Å². The minimum Gasteiger partial charge on any atom is -0.398 e. The molecule has 4 nitrogen and oxygen atoms in total. The SMILES string of the molecule is Nc1ccc(S(=O)(=O)NCCc2cccc(Cl)c2)cc1Br. The van der Waals surface area contributed by atoms with Gasteiger partial charge in [0, 0.05) is 21.7 Å². The molecule has 2 aromatic rings. The van der Waals surface area contributed by atoms with E-state index in [0.29, 0.717) is 28.1 Å². The van der Waals surface area contributed by atoms with Crippen molar-refractivity contribution >= 4 is 43.2 Å². The number of benzene rings is 2. The first kappa shape index (κ1) is 16.3. The molecule has 0 saturated carbocycles. The largest absolute Gasteiger partial charge is 0.398 e. The van der Waals surface area contributed by atoms with Gasteiger partial charge in [0.25, 0.3) is 0 Å². The summed E-state index contributed by atoms with van der Waals surface area (Å²) in [5.41, 5.74) is 7.12. The van der Waals surface area contributed by atoms with Crippen LogP contribution in [0.25, 0.3) is 0 Å². The van der Waals surface area contributed by atoms with Gasteiger partial charge in [-0.3, -0.25) is 0 Å². The zero-order valence-corrected chi connectivity index (χ0v) is 14.2. The molecule has 0 unspecified atom stereocenters. The standard InChI is InChI=1S/C14H14BrClN2O2S/c15-13-9-12(4-5-14(13)17)21(19,20)18-7-6-10-2-1-3-11(16)8-10/h1-5,8-9,18H,6-7,17H2. The van der Waals surface area contributed by atoms with Crippen LogP contribution in [0, 0.1) is 0 Å². The third kappa shape index (κ3) is 4.44. The van der Waals surface area contributed by atoms with Gasteiger partial charge in [-0.05, 0) is 58.2 Å². The second-order valence-corrected chi connectivity index (χ2v) is 7.52. The Balaban J connectivity index is 2.03. The van der Waals surface area contributed by atoms with Crippen LogP contribution in [-0.2, 0) is 16.4 Å². The van der Waals surface area contributed by atoms with E-state index in [1.165, 1.54) is 12.1 Å². The Morgan fingerprint density at radius 2 is 1.95 bits per heavy atom. The van der Waals surface area contributed by atoms with Gasteiger partial charge in [-0.1, -0.05) is 23.7 Å². The molecule has 2 rings (SSSR count). The maximum absolute atomic E-state index is 12.2. The number of rotatable bonds is 5. The summed E-state index contributed by atoms with van der Waals surface area (Å²) >= 11 is 9.11. The summed E-state index contributed by atoms with van der Waals surface area (Å²) in [5.74, 6) is 0. The fourth-order valence-corrected chi connectivity index (χ4v) is 3.58. The highest BCUT2D eigenvalue weighted by Gasteiger charge is 2.14. The van der Waals surface area contributed by atoms with E-state index in [-0.39, 0.29) is 4.90 Å².